The van der Waals surface area contributed by atoms with Crippen LogP contribution in [0.4, 0.5) is 36.4 Å². The third kappa shape index (κ3) is 5.68. The van der Waals surface area contributed by atoms with E-state index < -0.39 is 74.3 Å². The van der Waals surface area contributed by atoms with Crippen molar-refractivity contribution in [2.75, 3.05) is 24.4 Å². The molecule has 4 rings (SSSR count). The molecule has 2 aromatic carbocycles. The number of hydrogen-bond donors (Lipinski definition) is 3. The summed E-state index contributed by atoms with van der Waals surface area (Å²) in [7, 11) is -2.90. The summed E-state index contributed by atoms with van der Waals surface area (Å²) in [5.74, 6) is -1.41. The first kappa shape index (κ1) is 32.0. The van der Waals surface area contributed by atoms with Crippen LogP contribution < -0.4 is 9.62 Å². The Balaban J connectivity index is 1.76. The van der Waals surface area contributed by atoms with Crippen LogP contribution >= 0.6 is 0 Å². The van der Waals surface area contributed by atoms with Gasteiger partial charge in [-0.05, 0) is 62.7 Å². The number of β-amino-alcohol motifs (C(OH)–C–C–N with tert-alkyl or cyclic N) is 1. The first-order chi connectivity index (χ1) is 19.2. The molecule has 0 aliphatic carbocycles. The maximum Gasteiger partial charge on any atom is 0.430 e. The number of halogens is 7. The van der Waals surface area contributed by atoms with Crippen molar-refractivity contribution in [2.24, 2.45) is 0 Å². The minimum absolute atomic E-state index is 0.193. The number of benzene rings is 2. The zero-order valence-electron chi connectivity index (χ0n) is 22.3. The van der Waals surface area contributed by atoms with Crippen LogP contribution in [0.2, 0.25) is 0 Å². The second-order valence-corrected chi connectivity index (χ2v) is 12.7. The van der Waals surface area contributed by atoms with Gasteiger partial charge in [0.25, 0.3) is 15.6 Å². The summed E-state index contributed by atoms with van der Waals surface area (Å²) in [6.45, 7) is 2.07. The van der Waals surface area contributed by atoms with Crippen molar-refractivity contribution >= 4 is 21.6 Å². The SMILES string of the molecule is CN1C[C@@H](NC(=O)C[C@@H]2CCc3cc(C(O)(C(F)(F)F)C(F)(F)F)ccc3N2S(=O)(=O)c2ccc(F)cc2)[C@@](C)(O)C1. The molecule has 0 bridgehead atoms. The van der Waals surface area contributed by atoms with Gasteiger partial charge in [0.05, 0.1) is 28.3 Å². The van der Waals surface area contributed by atoms with Crippen LogP contribution in [-0.4, -0.2) is 79.6 Å². The average Bonchev–Trinajstić information content (AvgIpc) is 3.11. The lowest BCUT2D eigenvalue weighted by atomic mass is 9.87. The number of amides is 1. The molecule has 16 heteroatoms. The molecule has 0 unspecified atom stereocenters. The van der Waals surface area contributed by atoms with Gasteiger partial charge in [0, 0.05) is 25.1 Å². The number of carbonyl (C=O) groups excluding carboxylic acids is 1. The van der Waals surface area contributed by atoms with E-state index in [1.54, 1.807) is 11.9 Å². The fraction of sp³-hybridized carbons (Fsp3) is 0.500. The van der Waals surface area contributed by atoms with Crippen LogP contribution in [0.1, 0.15) is 30.9 Å². The monoisotopic (exact) mass is 627 g/mol. The number of nitrogens with one attached hydrogen (secondary N) is 1. The van der Waals surface area contributed by atoms with Crippen LogP contribution in [-0.2, 0) is 26.8 Å². The second-order valence-electron chi connectivity index (χ2n) is 10.9. The highest BCUT2D eigenvalue weighted by molar-refractivity contribution is 7.92. The van der Waals surface area contributed by atoms with Crippen LogP contribution in [0, 0.1) is 5.82 Å². The van der Waals surface area contributed by atoms with Crippen molar-refractivity contribution in [3.63, 3.8) is 0 Å². The molecule has 2 aliphatic rings. The van der Waals surface area contributed by atoms with Crippen LogP contribution in [0.25, 0.3) is 0 Å². The van der Waals surface area contributed by atoms with E-state index in [9.17, 15) is 54.2 Å². The summed E-state index contributed by atoms with van der Waals surface area (Å²) < 4.78 is 123. The van der Waals surface area contributed by atoms with Gasteiger partial charge in [0.1, 0.15) is 5.82 Å². The van der Waals surface area contributed by atoms with Crippen LogP contribution in [0.3, 0.4) is 0 Å². The molecule has 1 saturated heterocycles. The molecule has 2 heterocycles. The van der Waals surface area contributed by atoms with Gasteiger partial charge < -0.3 is 20.4 Å². The third-order valence-electron chi connectivity index (χ3n) is 7.60. The Morgan fingerprint density at radius 1 is 1.07 bits per heavy atom. The second kappa shape index (κ2) is 10.6. The molecular weight excluding hydrogens is 599 g/mol. The Labute approximate surface area is 236 Å². The first-order valence-electron chi connectivity index (χ1n) is 12.7. The van der Waals surface area contributed by atoms with E-state index in [0.717, 1.165) is 34.6 Å². The molecule has 0 radical (unpaired) electrons. The maximum atomic E-state index is 13.8. The summed E-state index contributed by atoms with van der Waals surface area (Å²) >= 11 is 0. The van der Waals surface area contributed by atoms with Gasteiger partial charge in [0.15, 0.2) is 0 Å². The fourth-order valence-electron chi connectivity index (χ4n) is 5.48. The first-order valence-corrected chi connectivity index (χ1v) is 14.1. The van der Waals surface area contributed by atoms with E-state index in [4.69, 9.17) is 0 Å². The lowest BCUT2D eigenvalue weighted by molar-refractivity contribution is -0.376. The molecule has 0 saturated carbocycles. The van der Waals surface area contributed by atoms with Crippen LogP contribution in [0.15, 0.2) is 47.4 Å². The Morgan fingerprint density at radius 2 is 1.67 bits per heavy atom. The third-order valence-corrected chi connectivity index (χ3v) is 9.48. The van der Waals surface area contributed by atoms with Gasteiger partial charge in [-0.1, -0.05) is 12.1 Å². The standard InChI is InChI=1S/C26H28F7N3O5S/c1-23(38)14-35(2)13-21(23)34-22(37)12-18-7-3-15-11-16(24(39,25(28,29)30)26(31,32)33)4-10-20(15)36(18)42(40,41)19-8-5-17(27)6-9-19/h4-6,8-11,18,21,38-39H,3,7,12-14H2,1-2H3,(H,34,37)/t18-,21+,23-/m0/s1. The molecule has 2 aliphatic heterocycles. The van der Waals surface area contributed by atoms with Crippen molar-refractivity contribution in [2.45, 2.75) is 66.7 Å². The Hall–Kier alpha value is -2.95. The molecule has 8 nitrogen and oxygen atoms in total. The Kier molecular flexibility index (Phi) is 8.10. The number of fused-ring (bicyclic) bond motifs is 1. The van der Waals surface area contributed by atoms with E-state index in [2.05, 4.69) is 5.32 Å². The molecule has 1 amide bonds. The van der Waals surface area contributed by atoms with E-state index in [-0.39, 0.29) is 30.6 Å². The highest BCUT2D eigenvalue weighted by atomic mass is 32.2. The lowest BCUT2D eigenvalue weighted by Crippen LogP contribution is -2.54. The van der Waals surface area contributed by atoms with Gasteiger partial charge >= 0.3 is 12.4 Å². The number of aliphatic hydroxyl groups is 2. The number of likely N-dealkylation sites (tertiary alicyclic amines) is 1. The van der Waals surface area contributed by atoms with Gasteiger partial charge in [-0.15, -0.1) is 0 Å². The van der Waals surface area contributed by atoms with E-state index in [0.29, 0.717) is 18.7 Å². The average molecular weight is 628 g/mol. The van der Waals surface area contributed by atoms with Crippen molar-refractivity contribution in [1.82, 2.24) is 10.2 Å². The number of alkyl halides is 6. The Morgan fingerprint density at radius 3 is 2.19 bits per heavy atom. The summed E-state index contributed by atoms with van der Waals surface area (Å²) in [5.41, 5.74) is -8.61. The minimum Gasteiger partial charge on any atom is -0.387 e. The summed E-state index contributed by atoms with van der Waals surface area (Å²) in [4.78, 5) is 14.4. The maximum absolute atomic E-state index is 13.8. The molecule has 3 atom stereocenters. The van der Waals surface area contributed by atoms with Gasteiger partial charge in [-0.25, -0.2) is 12.8 Å². The number of carbonyl (C=O) groups is 1. The number of likely N-dealkylation sites (N-methyl/N-ethyl adjacent to an activating group) is 1. The largest absolute Gasteiger partial charge is 0.430 e. The number of rotatable bonds is 6. The zero-order valence-corrected chi connectivity index (χ0v) is 23.1. The predicted molar refractivity (Wildman–Crippen MR) is 135 cm³/mol. The number of sulfonamides is 1. The molecular formula is C26H28F7N3O5S. The molecule has 42 heavy (non-hydrogen) atoms. The summed E-state index contributed by atoms with van der Waals surface area (Å²) in [6.07, 6.45) is -13.2. The Bertz CT molecular complexity index is 1430. The zero-order chi connectivity index (χ0) is 31.5. The quantitative estimate of drug-likeness (QED) is 0.425. The number of hydrogen-bond acceptors (Lipinski definition) is 6. The van der Waals surface area contributed by atoms with Crippen molar-refractivity contribution in [1.29, 1.82) is 0 Å². The molecule has 1 fully saturated rings. The molecule has 232 valence electrons. The highest BCUT2D eigenvalue weighted by Gasteiger charge is 2.71. The van der Waals surface area contributed by atoms with Crippen molar-refractivity contribution in [3.8, 4) is 0 Å². The number of anilines is 1. The summed E-state index contributed by atoms with van der Waals surface area (Å²) in [5, 5.41) is 23.1. The fourth-order valence-corrected chi connectivity index (χ4v) is 7.20. The van der Waals surface area contributed by atoms with E-state index in [1.165, 1.54) is 6.92 Å². The molecule has 0 aromatic heterocycles. The number of aryl methyl sites for hydroxylation is 1. The van der Waals surface area contributed by atoms with Gasteiger partial charge in [0.2, 0.25) is 5.91 Å². The molecule has 2 aromatic rings. The topological polar surface area (TPSA) is 110 Å². The van der Waals surface area contributed by atoms with Gasteiger partial charge in [-0.2, -0.15) is 26.3 Å². The normalized spacial score (nSPS) is 24.0. The molecule has 3 N–H and O–H groups in total. The van der Waals surface area contributed by atoms with Crippen molar-refractivity contribution in [3.05, 3.63) is 59.4 Å². The molecule has 0 spiro atoms. The predicted octanol–water partition coefficient (Wildman–Crippen LogP) is 3.22. The lowest BCUT2D eigenvalue weighted by Gasteiger charge is -2.39. The van der Waals surface area contributed by atoms with Crippen molar-refractivity contribution < 1.29 is 54.2 Å². The summed E-state index contributed by atoms with van der Waals surface area (Å²) in [6, 6.07) is 3.23. The van der Waals surface area contributed by atoms with E-state index in [1.807, 2.05) is 0 Å². The van der Waals surface area contributed by atoms with E-state index >= 15 is 0 Å². The van der Waals surface area contributed by atoms with Gasteiger partial charge in [-0.3, -0.25) is 9.10 Å². The smallest absolute Gasteiger partial charge is 0.387 e. The highest BCUT2D eigenvalue weighted by Crippen LogP contribution is 2.51. The van der Waals surface area contributed by atoms with Crippen LogP contribution in [0.5, 0.6) is 0 Å². The minimum atomic E-state index is -6.15. The number of nitrogens with zero attached hydrogens (tertiary/aromatic N) is 2.